The Morgan fingerprint density at radius 3 is 2.38 bits per heavy atom. The number of carbonyl (C=O) groups is 1. The zero-order chi connectivity index (χ0) is 15.4. The largest absolute Gasteiger partial charge is 0.495 e. The van der Waals surface area contributed by atoms with Crippen molar-refractivity contribution in [3.63, 3.8) is 0 Å². The minimum absolute atomic E-state index is 0.279. The van der Waals surface area contributed by atoms with Crippen LogP contribution in [0.4, 0.5) is 0 Å². The number of hydrogen-bond donors (Lipinski definition) is 1. The monoisotopic (exact) mass is 342 g/mol. The van der Waals surface area contributed by atoms with Gasteiger partial charge in [0, 0.05) is 4.90 Å². The first kappa shape index (κ1) is 16.0. The summed E-state index contributed by atoms with van der Waals surface area (Å²) in [5.41, 5.74) is 0.693. The Morgan fingerprint density at radius 1 is 1.14 bits per heavy atom. The number of halogens is 2. The maximum atomic E-state index is 11.5. The maximum Gasteiger partial charge on any atom is 0.321 e. The lowest BCUT2D eigenvalue weighted by Gasteiger charge is -2.15. The van der Waals surface area contributed by atoms with Crippen molar-refractivity contribution in [2.24, 2.45) is 0 Å². The Morgan fingerprint density at radius 2 is 1.81 bits per heavy atom. The minimum atomic E-state index is -0.936. The third-order valence-electron chi connectivity index (χ3n) is 2.80. The molecule has 0 aliphatic carbocycles. The van der Waals surface area contributed by atoms with Gasteiger partial charge in [0.1, 0.15) is 16.0 Å². The van der Waals surface area contributed by atoms with E-state index in [0.717, 1.165) is 11.8 Å². The molecule has 3 nitrogen and oxygen atoms in total. The summed E-state index contributed by atoms with van der Waals surface area (Å²) in [4.78, 5) is 12.1. The van der Waals surface area contributed by atoms with Crippen molar-refractivity contribution in [2.45, 2.75) is 10.1 Å². The molecule has 0 saturated carbocycles. The van der Waals surface area contributed by atoms with E-state index in [-0.39, 0.29) is 5.02 Å². The SMILES string of the molecule is COc1ccc(SC(C(=O)O)c2ccccc2)c(Cl)c1Cl. The highest BCUT2D eigenvalue weighted by Gasteiger charge is 2.23. The van der Waals surface area contributed by atoms with E-state index in [2.05, 4.69) is 0 Å². The first-order valence-corrected chi connectivity index (χ1v) is 7.64. The van der Waals surface area contributed by atoms with Gasteiger partial charge in [0.25, 0.3) is 0 Å². The van der Waals surface area contributed by atoms with E-state index >= 15 is 0 Å². The van der Waals surface area contributed by atoms with Gasteiger partial charge in [0.2, 0.25) is 0 Å². The van der Waals surface area contributed by atoms with E-state index in [1.807, 2.05) is 6.07 Å². The summed E-state index contributed by atoms with van der Waals surface area (Å²) in [6.07, 6.45) is 0. The molecular weight excluding hydrogens is 331 g/mol. The smallest absolute Gasteiger partial charge is 0.321 e. The fourth-order valence-electron chi connectivity index (χ4n) is 1.78. The molecule has 0 amide bonds. The average molecular weight is 343 g/mol. The van der Waals surface area contributed by atoms with Crippen LogP contribution < -0.4 is 4.74 Å². The molecule has 0 fully saturated rings. The second-order valence-electron chi connectivity index (χ2n) is 4.14. The number of rotatable bonds is 5. The number of carboxylic acids is 1. The van der Waals surface area contributed by atoms with Crippen LogP contribution >= 0.6 is 35.0 Å². The van der Waals surface area contributed by atoms with Gasteiger partial charge < -0.3 is 9.84 Å². The summed E-state index contributed by atoms with van der Waals surface area (Å²) >= 11 is 13.4. The van der Waals surface area contributed by atoms with Crippen molar-refractivity contribution < 1.29 is 14.6 Å². The van der Waals surface area contributed by atoms with Gasteiger partial charge in [0.15, 0.2) is 0 Å². The first-order chi connectivity index (χ1) is 10.0. The van der Waals surface area contributed by atoms with Crippen molar-refractivity contribution in [3.05, 3.63) is 58.1 Å². The fraction of sp³-hybridized carbons (Fsp3) is 0.133. The van der Waals surface area contributed by atoms with Crippen LogP contribution in [0.5, 0.6) is 5.75 Å². The molecule has 0 bridgehead atoms. The van der Waals surface area contributed by atoms with Crippen LogP contribution in [0.1, 0.15) is 10.8 Å². The molecule has 1 unspecified atom stereocenters. The maximum absolute atomic E-state index is 11.5. The lowest BCUT2D eigenvalue weighted by molar-refractivity contribution is -0.136. The van der Waals surface area contributed by atoms with Gasteiger partial charge in [-0.1, -0.05) is 53.5 Å². The number of aliphatic carboxylic acids is 1. The van der Waals surface area contributed by atoms with E-state index in [4.69, 9.17) is 27.9 Å². The number of carboxylic acid groups (broad SMARTS) is 1. The van der Waals surface area contributed by atoms with Crippen LogP contribution in [0.3, 0.4) is 0 Å². The van der Waals surface area contributed by atoms with Crippen molar-refractivity contribution >= 4 is 40.9 Å². The molecule has 2 rings (SSSR count). The zero-order valence-electron chi connectivity index (χ0n) is 11.0. The van der Waals surface area contributed by atoms with Crippen LogP contribution in [-0.4, -0.2) is 18.2 Å². The van der Waals surface area contributed by atoms with Gasteiger partial charge in [-0.15, -0.1) is 11.8 Å². The Kier molecular flexibility index (Phi) is 5.39. The lowest BCUT2D eigenvalue weighted by atomic mass is 10.1. The van der Waals surface area contributed by atoms with Crippen LogP contribution in [0.15, 0.2) is 47.4 Å². The standard InChI is InChI=1S/C15H12Cl2O3S/c1-20-10-7-8-11(13(17)12(10)16)21-14(15(18)19)9-5-3-2-4-6-9/h2-8,14H,1H3,(H,18,19). The molecule has 0 heterocycles. The van der Waals surface area contributed by atoms with Crippen molar-refractivity contribution in [2.75, 3.05) is 7.11 Å². The van der Waals surface area contributed by atoms with Gasteiger partial charge in [-0.05, 0) is 17.7 Å². The van der Waals surface area contributed by atoms with Crippen molar-refractivity contribution in [1.29, 1.82) is 0 Å². The molecule has 6 heteroatoms. The normalized spacial score (nSPS) is 12.0. The Balaban J connectivity index is 2.35. The Bertz CT molecular complexity index is 647. The Labute approximate surface area is 136 Å². The minimum Gasteiger partial charge on any atom is -0.495 e. The van der Waals surface area contributed by atoms with Gasteiger partial charge in [-0.25, -0.2) is 0 Å². The highest BCUT2D eigenvalue weighted by Crippen LogP contribution is 2.44. The average Bonchev–Trinajstić information content (AvgIpc) is 2.49. The third-order valence-corrected chi connectivity index (χ3v) is 5.08. The molecule has 1 N–H and O–H groups in total. The molecule has 2 aromatic rings. The molecule has 0 spiro atoms. The second-order valence-corrected chi connectivity index (χ2v) is 6.04. The zero-order valence-corrected chi connectivity index (χ0v) is 13.4. The molecular formula is C15H12Cl2O3S. The van der Waals surface area contributed by atoms with E-state index in [1.165, 1.54) is 7.11 Å². The van der Waals surface area contributed by atoms with Crippen LogP contribution in [-0.2, 0) is 4.79 Å². The predicted molar refractivity (Wildman–Crippen MR) is 85.7 cm³/mol. The number of hydrogen-bond acceptors (Lipinski definition) is 3. The van der Waals surface area contributed by atoms with Gasteiger partial charge in [-0.2, -0.15) is 0 Å². The van der Waals surface area contributed by atoms with E-state index in [0.29, 0.717) is 21.2 Å². The number of thioether (sulfide) groups is 1. The summed E-state index contributed by atoms with van der Waals surface area (Å²) in [6.45, 7) is 0. The molecule has 0 radical (unpaired) electrons. The molecule has 0 aliphatic rings. The van der Waals surface area contributed by atoms with E-state index < -0.39 is 11.2 Å². The summed E-state index contributed by atoms with van der Waals surface area (Å²) in [6, 6.07) is 12.3. The lowest BCUT2D eigenvalue weighted by Crippen LogP contribution is -2.07. The van der Waals surface area contributed by atoms with Crippen LogP contribution in [0.25, 0.3) is 0 Å². The molecule has 0 aromatic heterocycles. The number of benzene rings is 2. The topological polar surface area (TPSA) is 46.5 Å². The van der Waals surface area contributed by atoms with E-state index in [9.17, 15) is 9.90 Å². The molecule has 0 aliphatic heterocycles. The molecule has 1 atom stereocenters. The molecule has 110 valence electrons. The summed E-state index contributed by atoms with van der Waals surface area (Å²) in [7, 11) is 1.49. The number of methoxy groups -OCH3 is 1. The molecule has 21 heavy (non-hydrogen) atoms. The Hall–Kier alpha value is -1.36. The molecule has 2 aromatic carbocycles. The van der Waals surface area contributed by atoms with Gasteiger partial charge >= 0.3 is 5.97 Å². The van der Waals surface area contributed by atoms with Crippen LogP contribution in [0.2, 0.25) is 10.0 Å². The van der Waals surface area contributed by atoms with E-state index in [1.54, 1.807) is 36.4 Å². The van der Waals surface area contributed by atoms with Crippen LogP contribution in [0, 0.1) is 0 Å². The summed E-state index contributed by atoms with van der Waals surface area (Å²) in [5.74, 6) is -0.480. The quantitative estimate of drug-likeness (QED) is 0.783. The summed E-state index contributed by atoms with van der Waals surface area (Å²) in [5, 5.41) is 9.24. The van der Waals surface area contributed by atoms with Gasteiger partial charge in [0.05, 0.1) is 12.1 Å². The highest BCUT2D eigenvalue weighted by molar-refractivity contribution is 8.00. The fourth-order valence-corrected chi connectivity index (χ4v) is 3.37. The third kappa shape index (κ3) is 3.64. The predicted octanol–water partition coefficient (Wildman–Crippen LogP) is 4.92. The second kappa shape index (κ2) is 7.07. The number of ether oxygens (including phenoxy) is 1. The highest BCUT2D eigenvalue weighted by atomic mass is 35.5. The summed E-state index contributed by atoms with van der Waals surface area (Å²) < 4.78 is 5.08. The first-order valence-electron chi connectivity index (χ1n) is 6.01. The van der Waals surface area contributed by atoms with Crippen molar-refractivity contribution in [1.82, 2.24) is 0 Å². The molecule has 0 saturated heterocycles. The van der Waals surface area contributed by atoms with Gasteiger partial charge in [-0.3, -0.25) is 4.79 Å². The van der Waals surface area contributed by atoms with Crippen molar-refractivity contribution in [3.8, 4) is 5.75 Å².